The minimum absolute atomic E-state index is 0.567. The number of rotatable bonds is 5. The first-order chi connectivity index (χ1) is 8.74. The molecule has 0 N–H and O–H groups in total. The Morgan fingerprint density at radius 2 is 1.83 bits per heavy atom. The van der Waals surface area contributed by atoms with Gasteiger partial charge in [-0.2, -0.15) is 0 Å². The van der Waals surface area contributed by atoms with Gasteiger partial charge in [0.25, 0.3) is 0 Å². The minimum Gasteiger partial charge on any atom is -0.489 e. The Morgan fingerprint density at radius 3 is 2.44 bits per heavy atom. The average Bonchev–Trinajstić information content (AvgIpc) is 2.38. The molecule has 1 heterocycles. The van der Waals surface area contributed by atoms with E-state index in [0.29, 0.717) is 12.5 Å². The van der Waals surface area contributed by atoms with Crippen molar-refractivity contribution in [3.05, 3.63) is 59.9 Å². The zero-order chi connectivity index (χ0) is 12.8. The van der Waals surface area contributed by atoms with Crippen LogP contribution in [0.2, 0.25) is 0 Å². The standard InChI is InChI=1S/C16H19NO/c1-13(2)10-14-5-7-16(8-6-14)18-12-15-4-3-9-17-11-15/h3-9,11,13H,10,12H2,1-2H3. The molecule has 0 spiro atoms. The first kappa shape index (κ1) is 12.6. The van der Waals surface area contributed by atoms with Gasteiger partial charge in [-0.3, -0.25) is 4.98 Å². The third-order valence-corrected chi connectivity index (χ3v) is 2.70. The first-order valence-electron chi connectivity index (χ1n) is 6.34. The SMILES string of the molecule is CC(C)Cc1ccc(OCc2cccnc2)cc1. The molecule has 94 valence electrons. The quantitative estimate of drug-likeness (QED) is 0.793. The van der Waals surface area contributed by atoms with Crippen LogP contribution in [0.4, 0.5) is 0 Å². The van der Waals surface area contributed by atoms with E-state index in [0.717, 1.165) is 17.7 Å². The Kier molecular flexibility index (Phi) is 4.35. The molecule has 0 aliphatic rings. The number of pyridine rings is 1. The van der Waals surface area contributed by atoms with Crippen molar-refractivity contribution in [3.63, 3.8) is 0 Å². The largest absolute Gasteiger partial charge is 0.489 e. The van der Waals surface area contributed by atoms with Crippen LogP contribution in [0, 0.1) is 5.92 Å². The van der Waals surface area contributed by atoms with Gasteiger partial charge >= 0.3 is 0 Å². The van der Waals surface area contributed by atoms with Crippen LogP contribution >= 0.6 is 0 Å². The summed E-state index contributed by atoms with van der Waals surface area (Å²) in [6.07, 6.45) is 4.71. The highest BCUT2D eigenvalue weighted by Crippen LogP contribution is 2.16. The summed E-state index contributed by atoms with van der Waals surface area (Å²) < 4.78 is 5.71. The number of hydrogen-bond acceptors (Lipinski definition) is 2. The summed E-state index contributed by atoms with van der Waals surface area (Å²) in [4.78, 5) is 4.06. The van der Waals surface area contributed by atoms with Gasteiger partial charge in [0.2, 0.25) is 0 Å². The predicted molar refractivity (Wildman–Crippen MR) is 73.6 cm³/mol. The Hall–Kier alpha value is -1.83. The summed E-state index contributed by atoms with van der Waals surface area (Å²) in [6, 6.07) is 12.3. The maximum absolute atomic E-state index is 5.71. The monoisotopic (exact) mass is 241 g/mol. The van der Waals surface area contributed by atoms with Crippen LogP contribution in [-0.4, -0.2) is 4.98 Å². The second-order valence-electron chi connectivity index (χ2n) is 4.89. The molecule has 0 aliphatic carbocycles. The molecule has 0 unspecified atom stereocenters. The van der Waals surface area contributed by atoms with Crippen molar-refractivity contribution in [2.45, 2.75) is 26.9 Å². The van der Waals surface area contributed by atoms with Gasteiger partial charge in [0, 0.05) is 18.0 Å². The zero-order valence-electron chi connectivity index (χ0n) is 11.0. The van der Waals surface area contributed by atoms with E-state index in [-0.39, 0.29) is 0 Å². The van der Waals surface area contributed by atoms with Crippen LogP contribution in [0.25, 0.3) is 0 Å². The highest BCUT2D eigenvalue weighted by atomic mass is 16.5. The topological polar surface area (TPSA) is 22.1 Å². The highest BCUT2D eigenvalue weighted by molar-refractivity contribution is 5.27. The molecule has 18 heavy (non-hydrogen) atoms. The third kappa shape index (κ3) is 3.88. The summed E-state index contributed by atoms with van der Waals surface area (Å²) in [5.74, 6) is 1.60. The Bertz CT molecular complexity index is 462. The molecule has 0 bridgehead atoms. The average molecular weight is 241 g/mol. The molecule has 0 fully saturated rings. The van der Waals surface area contributed by atoms with Crippen molar-refractivity contribution >= 4 is 0 Å². The van der Waals surface area contributed by atoms with Crippen LogP contribution in [-0.2, 0) is 13.0 Å². The minimum atomic E-state index is 0.567. The molecule has 2 aromatic rings. The summed E-state index contributed by atoms with van der Waals surface area (Å²) in [6.45, 7) is 5.02. The molecule has 0 saturated heterocycles. The molecule has 1 aromatic heterocycles. The molecule has 0 saturated carbocycles. The van der Waals surface area contributed by atoms with Crippen molar-refractivity contribution in [1.29, 1.82) is 0 Å². The first-order valence-corrected chi connectivity index (χ1v) is 6.34. The van der Waals surface area contributed by atoms with E-state index in [9.17, 15) is 0 Å². The third-order valence-electron chi connectivity index (χ3n) is 2.70. The van der Waals surface area contributed by atoms with Crippen LogP contribution in [0.5, 0.6) is 5.75 Å². The highest BCUT2D eigenvalue weighted by Gasteiger charge is 1.99. The molecular weight excluding hydrogens is 222 g/mol. The van der Waals surface area contributed by atoms with Crippen LogP contribution in [0.3, 0.4) is 0 Å². The van der Waals surface area contributed by atoms with E-state index in [2.05, 4.69) is 31.0 Å². The van der Waals surface area contributed by atoms with Crippen molar-refractivity contribution < 1.29 is 4.74 Å². The molecule has 1 aromatic carbocycles. The number of aromatic nitrogens is 1. The Morgan fingerprint density at radius 1 is 1.06 bits per heavy atom. The van der Waals surface area contributed by atoms with Crippen LogP contribution < -0.4 is 4.74 Å². The van der Waals surface area contributed by atoms with Gasteiger partial charge in [-0.25, -0.2) is 0 Å². The predicted octanol–water partition coefficient (Wildman–Crippen LogP) is 3.86. The fourth-order valence-electron chi connectivity index (χ4n) is 1.84. The lowest BCUT2D eigenvalue weighted by Gasteiger charge is -2.08. The van der Waals surface area contributed by atoms with Crippen molar-refractivity contribution in [3.8, 4) is 5.75 Å². The van der Waals surface area contributed by atoms with E-state index in [1.165, 1.54) is 5.56 Å². The normalized spacial score (nSPS) is 10.6. The molecular formula is C16H19NO. The maximum atomic E-state index is 5.71. The number of hydrogen-bond donors (Lipinski definition) is 0. The lowest BCUT2D eigenvalue weighted by atomic mass is 10.0. The van der Waals surface area contributed by atoms with Crippen molar-refractivity contribution in [1.82, 2.24) is 4.98 Å². The molecule has 0 atom stereocenters. The van der Waals surface area contributed by atoms with E-state index in [4.69, 9.17) is 4.74 Å². The van der Waals surface area contributed by atoms with Crippen LogP contribution in [0.15, 0.2) is 48.8 Å². The van der Waals surface area contributed by atoms with Crippen molar-refractivity contribution in [2.75, 3.05) is 0 Å². The number of ether oxygens (including phenoxy) is 1. The summed E-state index contributed by atoms with van der Waals surface area (Å²) >= 11 is 0. The lowest BCUT2D eigenvalue weighted by Crippen LogP contribution is -1.97. The van der Waals surface area contributed by atoms with E-state index in [1.807, 2.05) is 30.5 Å². The second-order valence-corrected chi connectivity index (χ2v) is 4.89. The lowest BCUT2D eigenvalue weighted by molar-refractivity contribution is 0.305. The van der Waals surface area contributed by atoms with Gasteiger partial charge in [-0.1, -0.05) is 32.0 Å². The number of benzene rings is 1. The second kappa shape index (κ2) is 6.20. The summed E-state index contributed by atoms with van der Waals surface area (Å²) in [5, 5.41) is 0. The Labute approximate surface area is 109 Å². The molecule has 0 amide bonds. The van der Waals surface area contributed by atoms with Gasteiger partial charge in [0.15, 0.2) is 0 Å². The fourth-order valence-corrected chi connectivity index (χ4v) is 1.84. The Balaban J connectivity index is 1.90. The summed E-state index contributed by atoms with van der Waals surface area (Å²) in [7, 11) is 0. The molecule has 0 aliphatic heterocycles. The fraction of sp³-hybridized carbons (Fsp3) is 0.312. The molecule has 2 rings (SSSR count). The number of nitrogens with zero attached hydrogens (tertiary/aromatic N) is 1. The van der Waals surface area contributed by atoms with Gasteiger partial charge < -0.3 is 4.74 Å². The summed E-state index contributed by atoms with van der Waals surface area (Å²) in [5.41, 5.74) is 2.45. The molecule has 0 radical (unpaired) electrons. The van der Waals surface area contributed by atoms with E-state index >= 15 is 0 Å². The van der Waals surface area contributed by atoms with E-state index < -0.39 is 0 Å². The molecule has 2 heteroatoms. The van der Waals surface area contributed by atoms with Gasteiger partial charge in [0.1, 0.15) is 12.4 Å². The van der Waals surface area contributed by atoms with Gasteiger partial charge in [-0.05, 0) is 36.1 Å². The van der Waals surface area contributed by atoms with Crippen molar-refractivity contribution in [2.24, 2.45) is 5.92 Å². The zero-order valence-corrected chi connectivity index (χ0v) is 11.0. The van der Waals surface area contributed by atoms with E-state index in [1.54, 1.807) is 6.20 Å². The van der Waals surface area contributed by atoms with Gasteiger partial charge in [-0.15, -0.1) is 0 Å². The smallest absolute Gasteiger partial charge is 0.119 e. The van der Waals surface area contributed by atoms with Gasteiger partial charge in [0.05, 0.1) is 0 Å². The maximum Gasteiger partial charge on any atom is 0.119 e. The van der Waals surface area contributed by atoms with Crippen LogP contribution in [0.1, 0.15) is 25.0 Å². The molecule has 2 nitrogen and oxygen atoms in total.